The van der Waals surface area contributed by atoms with Crippen molar-refractivity contribution < 1.29 is 17.3 Å². The number of hydrogen-bond donors (Lipinski definition) is 1. The highest BCUT2D eigenvalue weighted by molar-refractivity contribution is 7.80. The van der Waals surface area contributed by atoms with Gasteiger partial charge in [0.05, 0.1) is 0 Å². The molecule has 0 saturated heterocycles. The number of hydrogen-bond acceptors (Lipinski definition) is 4. The average molecular weight is 163 g/mol. The van der Waals surface area contributed by atoms with Gasteiger partial charge in [-0.2, -0.15) is 8.42 Å². The Kier molecular flexibility index (Phi) is 3.46. The number of rotatable bonds is 2. The molecular formula is C4H5NO4S. The maximum Gasteiger partial charge on any atom is 0.466 e. The van der Waals surface area contributed by atoms with Crippen molar-refractivity contribution in [3.63, 3.8) is 0 Å². The van der Waals surface area contributed by atoms with Crippen LogP contribution in [0.5, 0.6) is 0 Å². The van der Waals surface area contributed by atoms with Crippen molar-refractivity contribution in [2.75, 3.05) is 0 Å². The molecule has 0 aromatic heterocycles. The molecule has 0 rings (SSSR count). The van der Waals surface area contributed by atoms with Crippen molar-refractivity contribution in [2.45, 2.75) is 6.92 Å². The van der Waals surface area contributed by atoms with E-state index in [4.69, 9.17) is 4.55 Å². The number of nitrogens with zero attached hydrogens (tertiary/aromatic N) is 1. The summed E-state index contributed by atoms with van der Waals surface area (Å²) in [5.41, 5.74) is 0. The molecule has 0 atom stereocenters. The van der Waals surface area contributed by atoms with Gasteiger partial charge in [-0.15, -0.1) is 5.92 Å². The minimum absolute atomic E-state index is 0.910. The van der Waals surface area contributed by atoms with Gasteiger partial charge in [0.15, 0.2) is 0 Å². The summed E-state index contributed by atoms with van der Waals surface area (Å²) < 4.78 is 31.0. The summed E-state index contributed by atoms with van der Waals surface area (Å²) in [4.78, 5) is 0. The monoisotopic (exact) mass is 163 g/mol. The quantitative estimate of drug-likeness (QED) is 0.265. The van der Waals surface area contributed by atoms with Crippen LogP contribution in [-0.4, -0.2) is 19.2 Å². The molecule has 0 aliphatic rings. The van der Waals surface area contributed by atoms with Crippen LogP contribution >= 0.6 is 0 Å². The Bertz CT molecular complexity index is 267. The van der Waals surface area contributed by atoms with Gasteiger partial charge >= 0.3 is 10.4 Å². The lowest BCUT2D eigenvalue weighted by Gasteiger charge is -1.85. The molecule has 0 aromatic carbocycles. The molecule has 0 unspecified atom stereocenters. The molecule has 0 aromatic rings. The van der Waals surface area contributed by atoms with Crippen molar-refractivity contribution in [1.82, 2.24) is 0 Å². The number of oxime groups is 1. The van der Waals surface area contributed by atoms with Crippen LogP contribution in [0.3, 0.4) is 0 Å². The summed E-state index contributed by atoms with van der Waals surface area (Å²) >= 11 is 0. The second-order valence-corrected chi connectivity index (χ2v) is 2.14. The van der Waals surface area contributed by atoms with Crippen LogP contribution in [0.15, 0.2) is 5.16 Å². The van der Waals surface area contributed by atoms with E-state index in [-0.39, 0.29) is 0 Å². The van der Waals surface area contributed by atoms with Crippen LogP contribution in [0.4, 0.5) is 0 Å². The average Bonchev–Trinajstić information content (AvgIpc) is 1.78. The van der Waals surface area contributed by atoms with Crippen LogP contribution in [-0.2, 0) is 14.7 Å². The minimum Gasteiger partial charge on any atom is -0.253 e. The topological polar surface area (TPSA) is 76.0 Å². The highest BCUT2D eigenvalue weighted by atomic mass is 32.3. The second kappa shape index (κ2) is 3.87. The molecule has 0 heterocycles. The van der Waals surface area contributed by atoms with E-state index in [1.165, 1.54) is 0 Å². The third-order valence-corrected chi connectivity index (χ3v) is 0.673. The van der Waals surface area contributed by atoms with Gasteiger partial charge in [0, 0.05) is 0 Å². The van der Waals surface area contributed by atoms with Crippen LogP contribution in [0.25, 0.3) is 0 Å². The zero-order chi connectivity index (χ0) is 8.04. The third kappa shape index (κ3) is 6.94. The predicted octanol–water partition coefficient (Wildman–Crippen LogP) is -0.185. The van der Waals surface area contributed by atoms with Crippen LogP contribution in [0.2, 0.25) is 0 Å². The summed E-state index contributed by atoms with van der Waals surface area (Å²) in [7, 11) is -4.47. The van der Waals surface area contributed by atoms with Gasteiger partial charge in [-0.1, -0.05) is 11.1 Å². The van der Waals surface area contributed by atoms with E-state index in [1.54, 1.807) is 6.92 Å². The Balaban J connectivity index is 3.84. The van der Waals surface area contributed by atoms with Gasteiger partial charge in [-0.3, -0.25) is 4.55 Å². The highest BCUT2D eigenvalue weighted by Crippen LogP contribution is 1.83. The summed E-state index contributed by atoms with van der Waals surface area (Å²) in [5.74, 6) is 4.68. The van der Waals surface area contributed by atoms with E-state index in [9.17, 15) is 8.42 Å². The summed E-state index contributed by atoms with van der Waals surface area (Å²) in [6, 6.07) is 0. The molecule has 1 N–H and O–H groups in total. The summed E-state index contributed by atoms with van der Waals surface area (Å²) in [6.45, 7) is 1.54. The fraction of sp³-hybridized carbons (Fsp3) is 0.250. The van der Waals surface area contributed by atoms with Gasteiger partial charge in [0.2, 0.25) is 0 Å². The molecule has 0 amide bonds. The Morgan fingerprint density at radius 1 is 1.70 bits per heavy atom. The van der Waals surface area contributed by atoms with Crippen molar-refractivity contribution in [1.29, 1.82) is 0 Å². The fourth-order valence-corrected chi connectivity index (χ4v) is 0.319. The maximum atomic E-state index is 9.77. The first-order valence-corrected chi connectivity index (χ1v) is 3.53. The van der Waals surface area contributed by atoms with Crippen molar-refractivity contribution in [2.24, 2.45) is 5.16 Å². The lowest BCUT2D eigenvalue weighted by Crippen LogP contribution is -1.97. The maximum absolute atomic E-state index is 9.77. The first-order valence-electron chi connectivity index (χ1n) is 2.16. The van der Waals surface area contributed by atoms with Gasteiger partial charge in [-0.25, -0.2) is 4.28 Å². The van der Waals surface area contributed by atoms with Gasteiger partial charge < -0.3 is 0 Å². The first-order chi connectivity index (χ1) is 4.56. The lowest BCUT2D eigenvalue weighted by atomic mass is 10.6. The molecule has 56 valence electrons. The standard InChI is InChI=1S/C4H5NO4S/c1-2-3-4-5-9-10(6,7)8/h4H,1H3,(H,6,7,8)/b5-4+. The van der Waals surface area contributed by atoms with Crippen LogP contribution in [0, 0.1) is 11.8 Å². The largest absolute Gasteiger partial charge is 0.466 e. The lowest BCUT2D eigenvalue weighted by molar-refractivity contribution is 0.284. The zero-order valence-electron chi connectivity index (χ0n) is 5.10. The van der Waals surface area contributed by atoms with E-state index >= 15 is 0 Å². The molecule has 5 nitrogen and oxygen atoms in total. The molecule has 0 spiro atoms. The van der Waals surface area contributed by atoms with Gasteiger partial charge in [0.1, 0.15) is 6.21 Å². The van der Waals surface area contributed by atoms with E-state index in [0.717, 1.165) is 6.21 Å². The Morgan fingerprint density at radius 3 is 2.70 bits per heavy atom. The SMILES string of the molecule is CC#C/C=N/OS(=O)(=O)O. The molecule has 0 radical (unpaired) electrons. The van der Waals surface area contributed by atoms with Crippen molar-refractivity contribution in [3.8, 4) is 11.8 Å². The molecule has 0 fully saturated rings. The molecule has 0 bridgehead atoms. The van der Waals surface area contributed by atoms with Crippen molar-refractivity contribution in [3.05, 3.63) is 0 Å². The minimum atomic E-state index is -4.47. The normalized spacial score (nSPS) is 10.6. The predicted molar refractivity (Wildman–Crippen MR) is 34.6 cm³/mol. The molecule has 6 heteroatoms. The first kappa shape index (κ1) is 8.94. The third-order valence-electron chi connectivity index (χ3n) is 0.399. The summed E-state index contributed by atoms with van der Waals surface area (Å²) in [5, 5.41) is 2.80. The Morgan fingerprint density at radius 2 is 2.30 bits per heavy atom. The molecule has 0 aliphatic heterocycles. The fourth-order valence-electron chi connectivity index (χ4n) is 0.167. The Labute approximate surface area is 58.6 Å². The highest BCUT2D eigenvalue weighted by Gasteiger charge is 1.99. The Hall–Kier alpha value is -1.06. The zero-order valence-corrected chi connectivity index (χ0v) is 5.92. The van der Waals surface area contributed by atoms with Gasteiger partial charge in [-0.05, 0) is 6.92 Å². The van der Waals surface area contributed by atoms with E-state index in [2.05, 4.69) is 21.3 Å². The molecular weight excluding hydrogens is 158 g/mol. The smallest absolute Gasteiger partial charge is 0.253 e. The second-order valence-electron chi connectivity index (χ2n) is 1.13. The van der Waals surface area contributed by atoms with Crippen molar-refractivity contribution >= 4 is 16.6 Å². The van der Waals surface area contributed by atoms with Gasteiger partial charge in [0.25, 0.3) is 0 Å². The summed E-state index contributed by atoms with van der Waals surface area (Å²) in [6.07, 6.45) is 0.910. The molecule has 0 saturated carbocycles. The van der Waals surface area contributed by atoms with E-state index < -0.39 is 10.4 Å². The van der Waals surface area contributed by atoms with E-state index in [1.807, 2.05) is 0 Å². The van der Waals surface area contributed by atoms with E-state index in [0.29, 0.717) is 0 Å². The molecule has 0 aliphatic carbocycles. The van der Waals surface area contributed by atoms with Crippen LogP contribution in [0.1, 0.15) is 6.92 Å². The molecule has 10 heavy (non-hydrogen) atoms. The van der Waals surface area contributed by atoms with Crippen LogP contribution < -0.4 is 0 Å².